The third kappa shape index (κ3) is 2.17. The van der Waals surface area contributed by atoms with Crippen LogP contribution < -0.4 is 5.73 Å². The summed E-state index contributed by atoms with van der Waals surface area (Å²) in [5, 5.41) is 0. The van der Waals surface area contributed by atoms with E-state index in [4.69, 9.17) is 5.73 Å². The van der Waals surface area contributed by atoms with Crippen molar-refractivity contribution in [3.05, 3.63) is 34.9 Å². The Morgan fingerprint density at radius 1 is 1.21 bits per heavy atom. The second kappa shape index (κ2) is 5.32. The normalized spacial score (nSPS) is 35.2. The average Bonchev–Trinajstić information content (AvgIpc) is 3.41. The zero-order valence-electron chi connectivity index (χ0n) is 14.5. The van der Waals surface area contributed by atoms with Crippen LogP contribution in [0.5, 0.6) is 0 Å². The molecule has 4 aliphatic rings. The number of likely N-dealkylation sites (tertiary alicyclic amines) is 1. The Hall–Kier alpha value is -1.35. The van der Waals surface area contributed by atoms with Crippen LogP contribution in [-0.2, 0) is 11.8 Å². The van der Waals surface area contributed by atoms with Gasteiger partial charge in [0.1, 0.15) is 0 Å². The number of amides is 1. The van der Waals surface area contributed by atoms with Gasteiger partial charge in [-0.3, -0.25) is 9.69 Å². The van der Waals surface area contributed by atoms with E-state index in [2.05, 4.69) is 17.0 Å². The van der Waals surface area contributed by atoms with E-state index < -0.39 is 0 Å². The summed E-state index contributed by atoms with van der Waals surface area (Å²) >= 11 is 0. The summed E-state index contributed by atoms with van der Waals surface area (Å²) in [6.45, 7) is 2.57. The number of rotatable bonds is 3. The topological polar surface area (TPSA) is 46.3 Å². The van der Waals surface area contributed by atoms with Gasteiger partial charge in [0.15, 0.2) is 0 Å². The highest BCUT2D eigenvalue weighted by Crippen LogP contribution is 2.56. The monoisotopic (exact) mass is 324 g/mol. The Bertz CT molecular complexity index is 680. The van der Waals surface area contributed by atoms with Gasteiger partial charge in [-0.05, 0) is 80.2 Å². The molecule has 2 unspecified atom stereocenters. The summed E-state index contributed by atoms with van der Waals surface area (Å²) in [7, 11) is 0. The van der Waals surface area contributed by atoms with Crippen molar-refractivity contribution in [1.82, 2.24) is 4.90 Å². The molecule has 2 N–H and O–H groups in total. The number of nitrogens with zero attached hydrogens (tertiary/aromatic N) is 1. The molecule has 3 fully saturated rings. The zero-order chi connectivity index (χ0) is 16.3. The minimum Gasteiger partial charge on any atom is -0.366 e. The maximum absolute atomic E-state index is 11.7. The van der Waals surface area contributed by atoms with Gasteiger partial charge in [-0.1, -0.05) is 18.9 Å². The van der Waals surface area contributed by atoms with E-state index in [0.717, 1.165) is 17.9 Å². The minimum absolute atomic E-state index is 0.283. The first-order chi connectivity index (χ1) is 11.7. The fourth-order valence-corrected chi connectivity index (χ4v) is 6.10. The van der Waals surface area contributed by atoms with Gasteiger partial charge >= 0.3 is 0 Å². The highest BCUT2D eigenvalue weighted by Gasteiger charge is 2.54. The Kier molecular flexibility index (Phi) is 3.31. The van der Waals surface area contributed by atoms with Crippen molar-refractivity contribution in [1.29, 1.82) is 0 Å². The molecule has 2 saturated carbocycles. The summed E-state index contributed by atoms with van der Waals surface area (Å²) in [5.74, 6) is 1.48. The summed E-state index contributed by atoms with van der Waals surface area (Å²) in [6, 6.07) is 7.03. The molecule has 1 amide bonds. The molecule has 3 heteroatoms. The van der Waals surface area contributed by atoms with E-state index in [-0.39, 0.29) is 5.91 Å². The third-order valence-corrected chi connectivity index (χ3v) is 7.43. The van der Waals surface area contributed by atoms with Crippen LogP contribution in [0.2, 0.25) is 0 Å². The lowest BCUT2D eigenvalue weighted by Crippen LogP contribution is -2.61. The zero-order valence-corrected chi connectivity index (χ0v) is 14.5. The van der Waals surface area contributed by atoms with E-state index in [1.54, 1.807) is 0 Å². The molecule has 24 heavy (non-hydrogen) atoms. The second-order valence-electron chi connectivity index (χ2n) is 8.70. The van der Waals surface area contributed by atoms with Gasteiger partial charge in [-0.15, -0.1) is 0 Å². The largest absolute Gasteiger partial charge is 0.366 e. The number of carbonyl (C=O) groups excluding carboxylic acids is 1. The molecule has 0 aromatic heterocycles. The van der Waals surface area contributed by atoms with Crippen molar-refractivity contribution in [2.45, 2.75) is 62.8 Å². The second-order valence-corrected chi connectivity index (χ2v) is 8.70. The SMILES string of the molecule is NC(=O)c1ccc2c(c1)C13CCCCC1[C@@H](C2)N(CC1CC1)CC3. The molecule has 2 bridgehead atoms. The first kappa shape index (κ1) is 14.9. The average molecular weight is 324 g/mol. The number of carbonyl (C=O) groups is 1. The van der Waals surface area contributed by atoms with E-state index in [1.165, 1.54) is 75.6 Å². The molecular formula is C21H28N2O. The molecule has 1 aliphatic heterocycles. The maximum atomic E-state index is 11.7. The molecule has 5 rings (SSSR count). The molecule has 0 spiro atoms. The Balaban J connectivity index is 1.58. The molecule has 1 saturated heterocycles. The summed E-state index contributed by atoms with van der Waals surface area (Å²) in [4.78, 5) is 14.5. The van der Waals surface area contributed by atoms with Gasteiger partial charge in [0.2, 0.25) is 5.91 Å². The molecule has 3 aliphatic carbocycles. The minimum atomic E-state index is -0.283. The molecule has 128 valence electrons. The standard InChI is InChI=1S/C21H28N2O/c22-20(24)16-7-6-15-12-19-17-3-1-2-8-21(17,18(15)11-16)9-10-23(19)13-14-4-5-14/h6-7,11,14,17,19H,1-5,8-10,12-13H2,(H2,22,24)/t17?,19-,21?/m1/s1. The first-order valence-electron chi connectivity index (χ1n) is 9.85. The van der Waals surface area contributed by atoms with Crippen LogP contribution in [0.4, 0.5) is 0 Å². The van der Waals surface area contributed by atoms with Crippen molar-refractivity contribution in [2.75, 3.05) is 13.1 Å². The Morgan fingerprint density at radius 2 is 2.08 bits per heavy atom. The van der Waals surface area contributed by atoms with Crippen LogP contribution >= 0.6 is 0 Å². The first-order valence-corrected chi connectivity index (χ1v) is 9.85. The molecule has 3 nitrogen and oxygen atoms in total. The smallest absolute Gasteiger partial charge is 0.248 e. The van der Waals surface area contributed by atoms with Crippen LogP contribution in [0.25, 0.3) is 0 Å². The molecule has 0 radical (unpaired) electrons. The van der Waals surface area contributed by atoms with E-state index >= 15 is 0 Å². The van der Waals surface area contributed by atoms with E-state index in [0.29, 0.717) is 11.0 Å². The van der Waals surface area contributed by atoms with Gasteiger partial charge in [-0.25, -0.2) is 0 Å². The predicted molar refractivity (Wildman–Crippen MR) is 95.0 cm³/mol. The maximum Gasteiger partial charge on any atom is 0.248 e. The number of benzene rings is 1. The lowest BCUT2D eigenvalue weighted by Gasteiger charge is -2.59. The van der Waals surface area contributed by atoms with Gasteiger partial charge in [0.25, 0.3) is 0 Å². The number of primary amides is 1. The third-order valence-electron chi connectivity index (χ3n) is 7.43. The van der Waals surface area contributed by atoms with Crippen LogP contribution in [0.15, 0.2) is 18.2 Å². The van der Waals surface area contributed by atoms with E-state index in [9.17, 15) is 4.79 Å². The molecule has 1 aromatic carbocycles. The number of piperidine rings is 1. The lowest BCUT2D eigenvalue weighted by molar-refractivity contribution is -0.0133. The molecule has 1 aromatic rings. The summed E-state index contributed by atoms with van der Waals surface area (Å²) < 4.78 is 0. The number of nitrogens with two attached hydrogens (primary N) is 1. The van der Waals surface area contributed by atoms with Gasteiger partial charge in [0, 0.05) is 23.6 Å². The summed E-state index contributed by atoms with van der Waals surface area (Å²) in [5.41, 5.74) is 9.57. The fourth-order valence-electron chi connectivity index (χ4n) is 6.10. The number of fused-ring (bicyclic) bond motifs is 1. The highest BCUT2D eigenvalue weighted by atomic mass is 16.1. The van der Waals surface area contributed by atoms with Crippen molar-refractivity contribution >= 4 is 5.91 Å². The van der Waals surface area contributed by atoms with Crippen molar-refractivity contribution in [3.63, 3.8) is 0 Å². The van der Waals surface area contributed by atoms with Crippen molar-refractivity contribution < 1.29 is 4.79 Å². The fraction of sp³-hybridized carbons (Fsp3) is 0.667. The van der Waals surface area contributed by atoms with Crippen LogP contribution in [0.3, 0.4) is 0 Å². The molecule has 1 heterocycles. The van der Waals surface area contributed by atoms with Crippen LogP contribution in [0, 0.1) is 11.8 Å². The molecular weight excluding hydrogens is 296 g/mol. The Labute approximate surface area is 144 Å². The van der Waals surface area contributed by atoms with Gasteiger partial charge in [-0.2, -0.15) is 0 Å². The number of hydrogen-bond donors (Lipinski definition) is 1. The van der Waals surface area contributed by atoms with E-state index in [1.807, 2.05) is 6.07 Å². The van der Waals surface area contributed by atoms with Crippen molar-refractivity contribution in [2.24, 2.45) is 17.6 Å². The van der Waals surface area contributed by atoms with Crippen LogP contribution in [0.1, 0.15) is 66.4 Å². The van der Waals surface area contributed by atoms with Crippen LogP contribution in [-0.4, -0.2) is 29.9 Å². The summed E-state index contributed by atoms with van der Waals surface area (Å²) in [6.07, 6.45) is 10.7. The van der Waals surface area contributed by atoms with Crippen molar-refractivity contribution in [3.8, 4) is 0 Å². The van der Waals surface area contributed by atoms with Gasteiger partial charge in [0.05, 0.1) is 0 Å². The quantitative estimate of drug-likeness (QED) is 0.927. The number of hydrogen-bond acceptors (Lipinski definition) is 2. The Morgan fingerprint density at radius 3 is 2.88 bits per heavy atom. The molecule has 3 atom stereocenters. The predicted octanol–water partition coefficient (Wildman–Crippen LogP) is 3.25. The van der Waals surface area contributed by atoms with Gasteiger partial charge < -0.3 is 5.73 Å². The highest BCUT2D eigenvalue weighted by molar-refractivity contribution is 5.93. The lowest BCUT2D eigenvalue weighted by atomic mass is 9.52.